The van der Waals surface area contributed by atoms with E-state index in [9.17, 15) is 8.78 Å². The van der Waals surface area contributed by atoms with Gasteiger partial charge in [-0.3, -0.25) is 0 Å². The minimum Gasteiger partial charge on any atom is -0.381 e. The number of para-hydroxylation sites is 1. The van der Waals surface area contributed by atoms with Gasteiger partial charge in [-0.1, -0.05) is 36.0 Å². The van der Waals surface area contributed by atoms with Crippen molar-refractivity contribution < 1.29 is 8.78 Å². The molecule has 2 bridgehead atoms. The summed E-state index contributed by atoms with van der Waals surface area (Å²) in [4.78, 5) is 0.632. The fourth-order valence-electron chi connectivity index (χ4n) is 3.54. The molecule has 0 amide bonds. The summed E-state index contributed by atoms with van der Waals surface area (Å²) in [6.07, 6.45) is 7.15. The molecule has 0 spiro atoms. The lowest BCUT2D eigenvalue weighted by Gasteiger charge is -2.27. The van der Waals surface area contributed by atoms with Gasteiger partial charge in [-0.15, -0.1) is 0 Å². The summed E-state index contributed by atoms with van der Waals surface area (Å²) in [5, 5.41) is 3.45. The summed E-state index contributed by atoms with van der Waals surface area (Å²) < 4.78 is 25.2. The molecule has 20 heavy (non-hydrogen) atoms. The van der Waals surface area contributed by atoms with E-state index in [1.807, 2.05) is 12.1 Å². The summed E-state index contributed by atoms with van der Waals surface area (Å²) in [7, 11) is 0. The van der Waals surface area contributed by atoms with Gasteiger partial charge in [0.2, 0.25) is 0 Å². The first-order valence-electron chi connectivity index (χ1n) is 7.12. The summed E-state index contributed by atoms with van der Waals surface area (Å²) in [6.45, 7) is 2.17. The second-order valence-electron chi connectivity index (χ2n) is 5.75. The minimum absolute atomic E-state index is 0.314. The number of hydrogen-bond donors (Lipinski definition) is 1. The van der Waals surface area contributed by atoms with E-state index in [1.54, 1.807) is 12.1 Å². The van der Waals surface area contributed by atoms with E-state index in [2.05, 4.69) is 24.4 Å². The van der Waals surface area contributed by atoms with Crippen LogP contribution in [0.1, 0.15) is 19.8 Å². The summed E-state index contributed by atoms with van der Waals surface area (Å²) in [5.41, 5.74) is 0.831. The minimum atomic E-state index is -2.38. The van der Waals surface area contributed by atoms with Crippen LogP contribution >= 0.6 is 11.8 Å². The van der Waals surface area contributed by atoms with Gasteiger partial charge in [0.15, 0.2) is 0 Å². The van der Waals surface area contributed by atoms with E-state index >= 15 is 0 Å². The van der Waals surface area contributed by atoms with Crippen LogP contribution in [0.25, 0.3) is 0 Å². The number of hydrogen-bond acceptors (Lipinski definition) is 2. The van der Waals surface area contributed by atoms with Crippen molar-refractivity contribution >= 4 is 17.4 Å². The highest BCUT2D eigenvalue weighted by Gasteiger charge is 2.38. The average molecular weight is 295 g/mol. The number of nitrogens with one attached hydrogen (secondary N) is 1. The van der Waals surface area contributed by atoms with Crippen LogP contribution in [0.15, 0.2) is 41.3 Å². The number of anilines is 1. The van der Waals surface area contributed by atoms with Crippen molar-refractivity contribution in [2.24, 2.45) is 17.8 Å². The van der Waals surface area contributed by atoms with Crippen LogP contribution in [0.3, 0.4) is 0 Å². The molecule has 4 heteroatoms. The number of fused-ring (bicyclic) bond motifs is 2. The second-order valence-corrected chi connectivity index (χ2v) is 6.78. The lowest BCUT2D eigenvalue weighted by Crippen LogP contribution is -2.29. The Morgan fingerprint density at radius 1 is 1.20 bits per heavy atom. The second kappa shape index (κ2) is 5.76. The summed E-state index contributed by atoms with van der Waals surface area (Å²) in [6, 6.07) is 7.66. The van der Waals surface area contributed by atoms with Gasteiger partial charge in [-0.05, 0) is 49.7 Å². The molecule has 2 aliphatic rings. The molecule has 4 atom stereocenters. The number of benzene rings is 1. The number of rotatable bonds is 5. The van der Waals surface area contributed by atoms with Crippen LogP contribution in [0.4, 0.5) is 14.5 Å². The van der Waals surface area contributed by atoms with E-state index < -0.39 is 5.76 Å². The molecule has 108 valence electrons. The zero-order valence-corrected chi connectivity index (χ0v) is 12.2. The number of halogens is 2. The van der Waals surface area contributed by atoms with Crippen LogP contribution < -0.4 is 5.32 Å². The molecule has 1 saturated carbocycles. The lowest BCUT2D eigenvalue weighted by molar-refractivity contribution is 0.252. The van der Waals surface area contributed by atoms with Crippen molar-refractivity contribution in [1.82, 2.24) is 0 Å². The predicted molar refractivity (Wildman–Crippen MR) is 80.2 cm³/mol. The van der Waals surface area contributed by atoms with Crippen molar-refractivity contribution in [3.63, 3.8) is 0 Å². The third kappa shape index (κ3) is 2.85. The van der Waals surface area contributed by atoms with E-state index in [0.717, 1.165) is 11.6 Å². The highest BCUT2D eigenvalue weighted by molar-refractivity contribution is 7.99. The third-order valence-electron chi connectivity index (χ3n) is 4.46. The van der Waals surface area contributed by atoms with Gasteiger partial charge >= 0.3 is 0 Å². The summed E-state index contributed by atoms with van der Waals surface area (Å²) in [5.74, 6) is -0.356. The summed E-state index contributed by atoms with van der Waals surface area (Å²) >= 11 is 0.615. The molecule has 3 rings (SSSR count). The van der Waals surface area contributed by atoms with Gasteiger partial charge in [-0.25, -0.2) is 0 Å². The Labute approximate surface area is 122 Å². The van der Waals surface area contributed by atoms with Crippen molar-refractivity contribution in [1.29, 1.82) is 0 Å². The first-order valence-corrected chi connectivity index (χ1v) is 8.00. The molecule has 1 N–H and O–H groups in total. The van der Waals surface area contributed by atoms with Crippen molar-refractivity contribution in [3.8, 4) is 0 Å². The van der Waals surface area contributed by atoms with Crippen LogP contribution in [-0.4, -0.2) is 11.8 Å². The highest BCUT2D eigenvalue weighted by Crippen LogP contribution is 2.45. The zero-order valence-electron chi connectivity index (χ0n) is 11.4. The van der Waals surface area contributed by atoms with Crippen molar-refractivity contribution in [2.45, 2.75) is 36.5 Å². The smallest absolute Gasteiger partial charge is 0.288 e. The highest BCUT2D eigenvalue weighted by atomic mass is 32.2. The Morgan fingerprint density at radius 3 is 2.65 bits per heavy atom. The predicted octanol–water partition coefficient (Wildman–Crippen LogP) is 5.01. The number of thioether (sulfide) groups is 1. The molecule has 1 nitrogen and oxygen atoms in total. The van der Waals surface area contributed by atoms with Crippen LogP contribution in [0.2, 0.25) is 0 Å². The van der Waals surface area contributed by atoms with Gasteiger partial charge in [0.25, 0.3) is 5.76 Å². The fourth-order valence-corrected chi connectivity index (χ4v) is 4.14. The number of allylic oxidation sites excluding steroid dienone is 2. The standard InChI is InChI=1S/C16H19F2NS/c1-10(13-9-11-6-7-12(13)8-11)19-14-4-2-3-5-15(14)20-16(17)18/h2-7,10-13,16,19H,8-9H2,1H3. The first kappa shape index (κ1) is 13.9. The Hall–Kier alpha value is -1.03. The molecule has 4 unspecified atom stereocenters. The Morgan fingerprint density at radius 2 is 2.00 bits per heavy atom. The molecule has 0 aliphatic heterocycles. The van der Waals surface area contributed by atoms with Crippen molar-refractivity contribution in [2.75, 3.05) is 5.32 Å². The Bertz CT molecular complexity index is 503. The van der Waals surface area contributed by atoms with E-state index in [1.165, 1.54) is 12.8 Å². The largest absolute Gasteiger partial charge is 0.381 e. The van der Waals surface area contributed by atoms with Gasteiger partial charge in [0.1, 0.15) is 0 Å². The van der Waals surface area contributed by atoms with E-state index in [-0.39, 0.29) is 0 Å². The maximum Gasteiger partial charge on any atom is 0.288 e. The van der Waals surface area contributed by atoms with Gasteiger partial charge in [0.05, 0.1) is 0 Å². The molecule has 0 aromatic heterocycles. The fraction of sp³-hybridized carbons (Fsp3) is 0.500. The van der Waals surface area contributed by atoms with Gasteiger partial charge in [-0.2, -0.15) is 8.78 Å². The SMILES string of the molecule is CC(Nc1ccccc1SC(F)F)C1CC2C=CC1C2. The Kier molecular flexibility index (Phi) is 4.01. The number of alkyl halides is 2. The Balaban J connectivity index is 1.69. The molecule has 0 radical (unpaired) electrons. The van der Waals surface area contributed by atoms with Crippen LogP contribution in [-0.2, 0) is 0 Å². The zero-order chi connectivity index (χ0) is 14.1. The van der Waals surface area contributed by atoms with E-state index in [0.29, 0.717) is 34.5 Å². The molecule has 1 aromatic rings. The lowest BCUT2D eigenvalue weighted by atomic mass is 9.87. The normalized spacial score (nSPS) is 29.1. The molecular weight excluding hydrogens is 276 g/mol. The molecule has 1 aromatic carbocycles. The van der Waals surface area contributed by atoms with Crippen molar-refractivity contribution in [3.05, 3.63) is 36.4 Å². The molecular formula is C16H19F2NS. The topological polar surface area (TPSA) is 12.0 Å². The molecule has 2 aliphatic carbocycles. The maximum atomic E-state index is 12.6. The van der Waals surface area contributed by atoms with E-state index in [4.69, 9.17) is 0 Å². The first-order chi connectivity index (χ1) is 9.63. The quantitative estimate of drug-likeness (QED) is 0.605. The molecule has 0 saturated heterocycles. The van der Waals surface area contributed by atoms with Crippen LogP contribution in [0, 0.1) is 17.8 Å². The molecule has 0 heterocycles. The molecule has 1 fully saturated rings. The maximum absolute atomic E-state index is 12.6. The van der Waals surface area contributed by atoms with Gasteiger partial charge in [0, 0.05) is 16.6 Å². The van der Waals surface area contributed by atoms with Crippen LogP contribution in [0.5, 0.6) is 0 Å². The van der Waals surface area contributed by atoms with Gasteiger partial charge < -0.3 is 5.32 Å². The average Bonchev–Trinajstić information content (AvgIpc) is 3.02. The monoisotopic (exact) mass is 295 g/mol. The third-order valence-corrected chi connectivity index (χ3v) is 5.25.